The summed E-state index contributed by atoms with van der Waals surface area (Å²) in [5.74, 6) is 0. The van der Waals surface area contributed by atoms with Crippen molar-refractivity contribution in [1.29, 1.82) is 0 Å². The molecule has 0 radical (unpaired) electrons. The fourth-order valence-corrected chi connectivity index (χ4v) is 1.37. The van der Waals surface area contributed by atoms with E-state index in [2.05, 4.69) is 4.98 Å². The van der Waals surface area contributed by atoms with Gasteiger partial charge in [0.2, 0.25) is 0 Å². The first-order valence-corrected chi connectivity index (χ1v) is 4.20. The number of nitro groups is 1. The predicted molar refractivity (Wildman–Crippen MR) is 53.8 cm³/mol. The molecule has 1 aromatic heterocycles. The van der Waals surface area contributed by atoms with Gasteiger partial charge in [0.05, 0.1) is 4.92 Å². The highest BCUT2D eigenvalue weighted by Crippen LogP contribution is 2.23. The van der Waals surface area contributed by atoms with E-state index in [0.717, 1.165) is 0 Å². The van der Waals surface area contributed by atoms with E-state index in [-0.39, 0.29) is 5.69 Å². The summed E-state index contributed by atoms with van der Waals surface area (Å²) in [7, 11) is 0. The van der Waals surface area contributed by atoms with Crippen molar-refractivity contribution < 1.29 is 9.72 Å². The number of nitro benzene ring substituents is 1. The largest absolute Gasteiger partial charge is 0.298 e. The molecule has 0 bridgehead atoms. The topological polar surface area (TPSA) is 73.1 Å². The lowest BCUT2D eigenvalue weighted by atomic mass is 10.1. The zero-order valence-corrected chi connectivity index (χ0v) is 7.58. The summed E-state index contributed by atoms with van der Waals surface area (Å²) in [4.78, 5) is 24.6. The summed E-state index contributed by atoms with van der Waals surface area (Å²) in [6.45, 7) is 0. The molecule has 1 heterocycles. The van der Waals surface area contributed by atoms with Crippen molar-refractivity contribution in [3.63, 3.8) is 0 Å². The molecule has 0 saturated carbocycles. The Labute approximate surface area is 84.5 Å². The van der Waals surface area contributed by atoms with Crippen LogP contribution >= 0.6 is 0 Å². The summed E-state index contributed by atoms with van der Waals surface area (Å²) in [5.41, 5.74) is 0.654. The van der Waals surface area contributed by atoms with Gasteiger partial charge in [0.15, 0.2) is 6.29 Å². The number of carbonyl (C=O) groups is 1. The second kappa shape index (κ2) is 3.45. The molecule has 0 amide bonds. The Kier molecular flexibility index (Phi) is 2.13. The molecule has 0 N–H and O–H groups in total. The second-order valence-corrected chi connectivity index (χ2v) is 2.99. The summed E-state index contributed by atoms with van der Waals surface area (Å²) >= 11 is 0. The number of rotatable bonds is 2. The summed E-state index contributed by atoms with van der Waals surface area (Å²) < 4.78 is 0. The molecule has 5 heteroatoms. The molecule has 0 aliphatic heterocycles. The van der Waals surface area contributed by atoms with E-state index in [4.69, 9.17) is 0 Å². The maximum absolute atomic E-state index is 10.7. The van der Waals surface area contributed by atoms with Crippen molar-refractivity contribution in [1.82, 2.24) is 4.98 Å². The van der Waals surface area contributed by atoms with E-state index >= 15 is 0 Å². The second-order valence-electron chi connectivity index (χ2n) is 2.99. The molecule has 74 valence electrons. The molecule has 2 aromatic rings. The Hall–Kier alpha value is -2.30. The summed E-state index contributed by atoms with van der Waals surface area (Å²) in [5, 5.41) is 11.3. The van der Waals surface area contributed by atoms with Crippen LogP contribution < -0.4 is 0 Å². The predicted octanol–water partition coefficient (Wildman–Crippen LogP) is 1.96. The molecule has 15 heavy (non-hydrogen) atoms. The highest BCUT2D eigenvalue weighted by molar-refractivity contribution is 5.90. The fraction of sp³-hybridized carbons (Fsp3) is 0. The highest BCUT2D eigenvalue weighted by Gasteiger charge is 2.12. The number of fused-ring (bicyclic) bond motifs is 1. The highest BCUT2D eigenvalue weighted by atomic mass is 16.6. The number of non-ortho nitro benzene ring substituents is 1. The maximum Gasteiger partial charge on any atom is 0.295 e. The smallest absolute Gasteiger partial charge is 0.295 e. The zero-order valence-electron chi connectivity index (χ0n) is 7.58. The van der Waals surface area contributed by atoms with Crippen LogP contribution in [-0.4, -0.2) is 16.2 Å². The van der Waals surface area contributed by atoms with Gasteiger partial charge >= 0.3 is 0 Å². The number of aldehydes is 1. The van der Waals surface area contributed by atoms with Gasteiger partial charge < -0.3 is 0 Å². The maximum atomic E-state index is 10.7. The number of aromatic nitrogens is 1. The minimum Gasteiger partial charge on any atom is -0.298 e. The van der Waals surface area contributed by atoms with Gasteiger partial charge in [0.25, 0.3) is 5.69 Å². The van der Waals surface area contributed by atoms with Gasteiger partial charge in [-0.3, -0.25) is 14.9 Å². The lowest BCUT2D eigenvalue weighted by Crippen LogP contribution is -1.92. The molecule has 1 aromatic carbocycles. The van der Waals surface area contributed by atoms with E-state index in [1.807, 2.05) is 0 Å². The van der Waals surface area contributed by atoms with Gasteiger partial charge in [-0.05, 0) is 6.07 Å². The number of hydrogen-bond donors (Lipinski definition) is 0. The Morgan fingerprint density at radius 2 is 2.20 bits per heavy atom. The van der Waals surface area contributed by atoms with Crippen LogP contribution in [-0.2, 0) is 0 Å². The first kappa shape index (κ1) is 9.26. The van der Waals surface area contributed by atoms with Crippen LogP contribution in [0.3, 0.4) is 0 Å². The summed E-state index contributed by atoms with van der Waals surface area (Å²) in [6.07, 6.45) is 1.98. The molecule has 0 spiro atoms. The average molecular weight is 202 g/mol. The number of nitrogens with zero attached hydrogens (tertiary/aromatic N) is 2. The lowest BCUT2D eigenvalue weighted by Gasteiger charge is -1.98. The number of para-hydroxylation sites is 1. The molecular formula is C10H6N2O3. The van der Waals surface area contributed by atoms with Crippen molar-refractivity contribution in [3.05, 3.63) is 46.1 Å². The standard InChI is InChI=1S/C10H6N2O3/c13-6-7-4-8-2-1-3-9(12(14)15)10(8)11-5-7/h1-6H. The third kappa shape index (κ3) is 1.54. The Balaban J connectivity index is 2.77. The van der Waals surface area contributed by atoms with Crippen LogP contribution in [0.25, 0.3) is 10.9 Å². The van der Waals surface area contributed by atoms with Gasteiger partial charge in [-0.15, -0.1) is 0 Å². The van der Waals surface area contributed by atoms with Crippen molar-refractivity contribution in [2.45, 2.75) is 0 Å². The van der Waals surface area contributed by atoms with E-state index in [9.17, 15) is 14.9 Å². The van der Waals surface area contributed by atoms with Crippen LogP contribution in [0, 0.1) is 10.1 Å². The molecule has 5 nitrogen and oxygen atoms in total. The normalized spacial score (nSPS) is 10.1. The van der Waals surface area contributed by atoms with Crippen LogP contribution in [0.5, 0.6) is 0 Å². The van der Waals surface area contributed by atoms with Crippen molar-refractivity contribution in [3.8, 4) is 0 Å². The molecule has 2 rings (SSSR count). The zero-order chi connectivity index (χ0) is 10.8. The Morgan fingerprint density at radius 1 is 1.40 bits per heavy atom. The third-order valence-corrected chi connectivity index (χ3v) is 2.04. The average Bonchev–Trinajstić information content (AvgIpc) is 2.27. The SMILES string of the molecule is O=Cc1cnc2c([N+](=O)[O-])cccc2c1. The molecule has 0 unspecified atom stereocenters. The molecule has 0 atom stereocenters. The molecule has 0 saturated heterocycles. The molecular weight excluding hydrogens is 196 g/mol. The van der Waals surface area contributed by atoms with Gasteiger partial charge in [0, 0.05) is 23.2 Å². The van der Waals surface area contributed by atoms with Crippen molar-refractivity contribution >= 4 is 22.9 Å². The third-order valence-electron chi connectivity index (χ3n) is 2.04. The number of pyridine rings is 1. The van der Waals surface area contributed by atoms with Gasteiger partial charge in [-0.2, -0.15) is 0 Å². The van der Waals surface area contributed by atoms with Crippen LogP contribution in [0.15, 0.2) is 30.5 Å². The monoisotopic (exact) mass is 202 g/mol. The molecule has 0 fully saturated rings. The van der Waals surface area contributed by atoms with E-state index < -0.39 is 4.92 Å². The van der Waals surface area contributed by atoms with Gasteiger partial charge in [-0.25, -0.2) is 4.98 Å². The van der Waals surface area contributed by atoms with Gasteiger partial charge in [-0.1, -0.05) is 12.1 Å². The van der Waals surface area contributed by atoms with E-state index in [1.54, 1.807) is 18.2 Å². The van der Waals surface area contributed by atoms with Crippen molar-refractivity contribution in [2.24, 2.45) is 0 Å². The lowest BCUT2D eigenvalue weighted by molar-refractivity contribution is -0.383. The van der Waals surface area contributed by atoms with Crippen molar-refractivity contribution in [2.75, 3.05) is 0 Å². The molecule has 0 aliphatic carbocycles. The number of benzene rings is 1. The van der Waals surface area contributed by atoms with Crippen LogP contribution in [0.2, 0.25) is 0 Å². The Morgan fingerprint density at radius 3 is 2.87 bits per heavy atom. The van der Waals surface area contributed by atoms with Crippen LogP contribution in [0.4, 0.5) is 5.69 Å². The minimum absolute atomic E-state index is 0.0510. The first-order chi connectivity index (χ1) is 7.22. The quantitative estimate of drug-likeness (QED) is 0.424. The first-order valence-electron chi connectivity index (χ1n) is 4.20. The van der Waals surface area contributed by atoms with E-state index in [0.29, 0.717) is 22.8 Å². The fourth-order valence-electron chi connectivity index (χ4n) is 1.37. The molecule has 0 aliphatic rings. The van der Waals surface area contributed by atoms with Crippen LogP contribution in [0.1, 0.15) is 10.4 Å². The number of hydrogen-bond acceptors (Lipinski definition) is 4. The van der Waals surface area contributed by atoms with Gasteiger partial charge in [0.1, 0.15) is 5.52 Å². The summed E-state index contributed by atoms with van der Waals surface area (Å²) in [6, 6.07) is 6.21. The number of carbonyl (C=O) groups excluding carboxylic acids is 1. The minimum atomic E-state index is -0.490. The Bertz CT molecular complexity index is 551. The van der Waals surface area contributed by atoms with E-state index in [1.165, 1.54) is 12.3 Å².